The van der Waals surface area contributed by atoms with E-state index in [9.17, 15) is 13.2 Å². The predicted molar refractivity (Wildman–Crippen MR) is 124 cm³/mol. The molecular weight excluding hydrogens is 412 g/mol. The summed E-state index contributed by atoms with van der Waals surface area (Å²) in [4.78, 5) is 14.7. The summed E-state index contributed by atoms with van der Waals surface area (Å²) < 4.78 is 27.9. The van der Waals surface area contributed by atoms with Crippen molar-refractivity contribution in [2.75, 3.05) is 23.7 Å². The molecule has 0 atom stereocenters. The van der Waals surface area contributed by atoms with Crippen molar-refractivity contribution < 1.29 is 13.2 Å². The number of amides is 1. The Labute approximate surface area is 182 Å². The summed E-state index contributed by atoms with van der Waals surface area (Å²) in [6.45, 7) is 1.88. The van der Waals surface area contributed by atoms with Gasteiger partial charge in [-0.25, -0.2) is 13.8 Å². The maximum absolute atomic E-state index is 12.7. The second-order valence-electron chi connectivity index (χ2n) is 7.15. The first-order chi connectivity index (χ1) is 14.8. The van der Waals surface area contributed by atoms with Crippen molar-refractivity contribution in [2.24, 2.45) is 5.10 Å². The molecule has 3 aromatic rings. The van der Waals surface area contributed by atoms with E-state index in [1.807, 2.05) is 50.2 Å². The molecule has 0 spiro atoms. The van der Waals surface area contributed by atoms with E-state index in [0.717, 1.165) is 16.8 Å². The molecule has 1 amide bonds. The SMILES string of the molecule is Cc1ccc(S(=O)(=O)Nc2ccccc2C(=O)N/N=C/c2ccc(N(C)C)cc2)cc1. The Morgan fingerprint density at radius 2 is 1.58 bits per heavy atom. The Morgan fingerprint density at radius 1 is 0.935 bits per heavy atom. The van der Waals surface area contributed by atoms with Gasteiger partial charge in [0.2, 0.25) is 0 Å². The molecule has 7 nitrogen and oxygen atoms in total. The predicted octanol–water partition coefficient (Wildman–Crippen LogP) is 3.63. The fourth-order valence-electron chi connectivity index (χ4n) is 2.78. The van der Waals surface area contributed by atoms with Gasteiger partial charge < -0.3 is 4.90 Å². The van der Waals surface area contributed by atoms with Crippen LogP contribution in [-0.2, 0) is 10.0 Å². The molecule has 3 rings (SSSR count). The second-order valence-corrected chi connectivity index (χ2v) is 8.83. The third-order valence-corrected chi connectivity index (χ3v) is 5.92. The molecule has 0 aliphatic heterocycles. The quantitative estimate of drug-likeness (QED) is 0.437. The zero-order valence-electron chi connectivity index (χ0n) is 17.5. The van der Waals surface area contributed by atoms with Gasteiger partial charge in [-0.05, 0) is 48.9 Å². The summed E-state index contributed by atoms with van der Waals surface area (Å²) in [5.74, 6) is -0.525. The van der Waals surface area contributed by atoms with E-state index < -0.39 is 15.9 Å². The van der Waals surface area contributed by atoms with Crippen LogP contribution in [0.2, 0.25) is 0 Å². The minimum Gasteiger partial charge on any atom is -0.378 e. The standard InChI is InChI=1S/C23H24N4O3S/c1-17-8-14-20(15-9-17)31(29,30)26-22-7-5-4-6-21(22)23(28)25-24-16-18-10-12-19(13-11-18)27(2)3/h4-16,26H,1-3H3,(H,25,28)/b24-16+. The molecule has 0 aliphatic rings. The first kappa shape index (κ1) is 22.0. The van der Waals surface area contributed by atoms with Crippen LogP contribution < -0.4 is 15.0 Å². The molecule has 31 heavy (non-hydrogen) atoms. The van der Waals surface area contributed by atoms with Gasteiger partial charge in [0, 0.05) is 19.8 Å². The summed E-state index contributed by atoms with van der Waals surface area (Å²) in [5.41, 5.74) is 5.60. The molecule has 160 valence electrons. The number of hydrogen-bond donors (Lipinski definition) is 2. The van der Waals surface area contributed by atoms with E-state index in [1.54, 1.807) is 24.3 Å². The Morgan fingerprint density at radius 3 is 2.23 bits per heavy atom. The van der Waals surface area contributed by atoms with Crippen molar-refractivity contribution in [1.82, 2.24) is 5.43 Å². The van der Waals surface area contributed by atoms with Crippen molar-refractivity contribution >= 4 is 33.5 Å². The second kappa shape index (κ2) is 9.44. The highest BCUT2D eigenvalue weighted by Crippen LogP contribution is 2.20. The smallest absolute Gasteiger partial charge is 0.273 e. The van der Waals surface area contributed by atoms with Gasteiger partial charge in [-0.1, -0.05) is 42.0 Å². The highest BCUT2D eigenvalue weighted by atomic mass is 32.2. The largest absolute Gasteiger partial charge is 0.378 e. The lowest BCUT2D eigenvalue weighted by atomic mass is 10.2. The van der Waals surface area contributed by atoms with Crippen LogP contribution in [0.1, 0.15) is 21.5 Å². The van der Waals surface area contributed by atoms with Gasteiger partial charge in [0.1, 0.15) is 0 Å². The highest BCUT2D eigenvalue weighted by molar-refractivity contribution is 7.92. The normalized spacial score (nSPS) is 11.3. The number of nitrogens with zero attached hydrogens (tertiary/aromatic N) is 2. The third kappa shape index (κ3) is 5.70. The van der Waals surface area contributed by atoms with Crippen LogP contribution in [-0.4, -0.2) is 34.6 Å². The van der Waals surface area contributed by atoms with Crippen molar-refractivity contribution in [3.05, 3.63) is 89.5 Å². The van der Waals surface area contributed by atoms with E-state index >= 15 is 0 Å². The lowest BCUT2D eigenvalue weighted by molar-refractivity contribution is 0.0956. The van der Waals surface area contributed by atoms with Crippen LogP contribution in [0.3, 0.4) is 0 Å². The van der Waals surface area contributed by atoms with Crippen LogP contribution in [0.4, 0.5) is 11.4 Å². The fourth-order valence-corrected chi connectivity index (χ4v) is 3.86. The van der Waals surface area contributed by atoms with Crippen LogP contribution in [0.15, 0.2) is 82.8 Å². The number of nitrogens with one attached hydrogen (secondary N) is 2. The van der Waals surface area contributed by atoms with E-state index in [1.165, 1.54) is 30.5 Å². The molecule has 8 heteroatoms. The van der Waals surface area contributed by atoms with Gasteiger partial charge >= 0.3 is 0 Å². The van der Waals surface area contributed by atoms with Gasteiger partial charge in [-0.3, -0.25) is 9.52 Å². The van der Waals surface area contributed by atoms with Crippen LogP contribution in [0.25, 0.3) is 0 Å². The third-order valence-electron chi connectivity index (χ3n) is 4.54. The molecule has 0 fully saturated rings. The molecule has 0 aliphatic carbocycles. The number of hydrazone groups is 1. The van der Waals surface area contributed by atoms with Gasteiger partial charge in [0.15, 0.2) is 0 Å². The van der Waals surface area contributed by atoms with Crippen molar-refractivity contribution in [3.8, 4) is 0 Å². The maximum atomic E-state index is 12.7. The molecule has 3 aromatic carbocycles. The fraction of sp³-hybridized carbons (Fsp3) is 0.130. The minimum atomic E-state index is -3.83. The van der Waals surface area contributed by atoms with Crippen LogP contribution in [0, 0.1) is 6.92 Å². The molecule has 0 saturated carbocycles. The molecule has 0 aromatic heterocycles. The maximum Gasteiger partial charge on any atom is 0.273 e. The molecule has 2 N–H and O–H groups in total. The molecule has 0 saturated heterocycles. The molecule has 0 radical (unpaired) electrons. The van der Waals surface area contributed by atoms with Gasteiger partial charge in [-0.2, -0.15) is 5.10 Å². The zero-order valence-corrected chi connectivity index (χ0v) is 18.3. The van der Waals surface area contributed by atoms with E-state index in [2.05, 4.69) is 15.2 Å². The lowest BCUT2D eigenvalue weighted by Crippen LogP contribution is -2.21. The monoisotopic (exact) mass is 436 g/mol. The molecular formula is C23H24N4O3S. The van der Waals surface area contributed by atoms with Crippen molar-refractivity contribution in [2.45, 2.75) is 11.8 Å². The Balaban J connectivity index is 1.73. The number of carbonyl (C=O) groups excluding carboxylic acids is 1. The summed E-state index contributed by atoms with van der Waals surface area (Å²) in [5, 5.41) is 3.98. The first-order valence-electron chi connectivity index (χ1n) is 9.55. The van der Waals surface area contributed by atoms with E-state index in [0.29, 0.717) is 0 Å². The van der Waals surface area contributed by atoms with Gasteiger partial charge in [0.05, 0.1) is 22.4 Å². The highest BCUT2D eigenvalue weighted by Gasteiger charge is 2.18. The summed E-state index contributed by atoms with van der Waals surface area (Å²) >= 11 is 0. The average Bonchev–Trinajstić information content (AvgIpc) is 2.74. The number of rotatable bonds is 7. The number of para-hydroxylation sites is 1. The zero-order chi connectivity index (χ0) is 22.4. The first-order valence-corrected chi connectivity index (χ1v) is 11.0. The van der Waals surface area contributed by atoms with E-state index in [4.69, 9.17) is 0 Å². The number of sulfonamides is 1. The van der Waals surface area contributed by atoms with Crippen LogP contribution in [0.5, 0.6) is 0 Å². The topological polar surface area (TPSA) is 90.9 Å². The molecule has 0 heterocycles. The van der Waals surface area contributed by atoms with Gasteiger partial charge in [-0.15, -0.1) is 0 Å². The summed E-state index contributed by atoms with van der Waals surface area (Å²) in [6.07, 6.45) is 1.52. The Bertz CT molecular complexity index is 1190. The van der Waals surface area contributed by atoms with Crippen molar-refractivity contribution in [1.29, 1.82) is 0 Å². The Hall–Kier alpha value is -3.65. The number of aryl methyl sites for hydroxylation is 1. The number of benzene rings is 3. The lowest BCUT2D eigenvalue weighted by Gasteiger charge is -2.12. The van der Waals surface area contributed by atoms with Gasteiger partial charge in [0.25, 0.3) is 15.9 Å². The number of carbonyl (C=O) groups is 1. The summed E-state index contributed by atoms with van der Waals surface area (Å²) in [7, 11) is 0.0713. The molecule has 0 bridgehead atoms. The van der Waals surface area contributed by atoms with E-state index in [-0.39, 0.29) is 16.1 Å². The Kier molecular flexibility index (Phi) is 6.71. The summed E-state index contributed by atoms with van der Waals surface area (Å²) in [6, 6.07) is 20.5. The van der Waals surface area contributed by atoms with Crippen LogP contribution >= 0.6 is 0 Å². The minimum absolute atomic E-state index is 0.118. The molecule has 0 unspecified atom stereocenters. The number of anilines is 2. The number of hydrogen-bond acceptors (Lipinski definition) is 5. The average molecular weight is 437 g/mol. The van der Waals surface area contributed by atoms with Crippen molar-refractivity contribution in [3.63, 3.8) is 0 Å².